The zero-order valence-corrected chi connectivity index (χ0v) is 17.0. The number of nitriles is 1. The van der Waals surface area contributed by atoms with Crippen LogP contribution < -0.4 is 5.73 Å². The molecule has 0 unspecified atom stereocenters. The largest absolute Gasteiger partial charge is 0.459 e. The Balaban J connectivity index is 2.24. The van der Waals surface area contributed by atoms with E-state index in [0.29, 0.717) is 5.56 Å². The van der Waals surface area contributed by atoms with Crippen LogP contribution in [0.1, 0.15) is 25.3 Å². The van der Waals surface area contributed by atoms with Crippen molar-refractivity contribution in [2.75, 3.05) is 13.2 Å². The van der Waals surface area contributed by atoms with E-state index in [1.807, 2.05) is 6.07 Å². The van der Waals surface area contributed by atoms with Gasteiger partial charge in [-0.3, -0.25) is 0 Å². The Morgan fingerprint density at radius 1 is 1.29 bits per heavy atom. The van der Waals surface area contributed by atoms with E-state index in [2.05, 4.69) is 22.5 Å². The van der Waals surface area contributed by atoms with Gasteiger partial charge in [-0.25, -0.2) is 9.59 Å². The number of esters is 2. The minimum absolute atomic E-state index is 0.0557. The van der Waals surface area contributed by atoms with Crippen LogP contribution in [0.15, 0.2) is 63.7 Å². The number of halogens is 1. The van der Waals surface area contributed by atoms with Gasteiger partial charge in [0.05, 0.1) is 11.5 Å². The Morgan fingerprint density at radius 2 is 1.89 bits per heavy atom. The molecule has 0 bridgehead atoms. The molecule has 7 nitrogen and oxygen atoms in total. The van der Waals surface area contributed by atoms with Crippen LogP contribution in [0.3, 0.4) is 0 Å². The van der Waals surface area contributed by atoms with Crippen molar-refractivity contribution >= 4 is 27.9 Å². The van der Waals surface area contributed by atoms with Crippen molar-refractivity contribution in [2.24, 2.45) is 5.73 Å². The Hall–Kier alpha value is -3.05. The molecule has 0 aliphatic carbocycles. The first-order valence-electron chi connectivity index (χ1n) is 8.29. The van der Waals surface area contributed by atoms with Crippen molar-refractivity contribution in [3.63, 3.8) is 0 Å². The molecule has 0 saturated carbocycles. The zero-order valence-electron chi connectivity index (χ0n) is 15.5. The van der Waals surface area contributed by atoms with Crippen molar-refractivity contribution in [2.45, 2.75) is 19.8 Å². The molecule has 0 fully saturated rings. The van der Waals surface area contributed by atoms with Gasteiger partial charge in [0.1, 0.15) is 30.6 Å². The maximum absolute atomic E-state index is 12.7. The number of nitrogens with zero attached hydrogens (tertiary/aromatic N) is 1. The highest BCUT2D eigenvalue weighted by atomic mass is 79.9. The third kappa shape index (κ3) is 4.81. The lowest BCUT2D eigenvalue weighted by molar-refractivity contribution is -0.147. The molecule has 0 amide bonds. The van der Waals surface area contributed by atoms with Gasteiger partial charge in [0, 0.05) is 10.0 Å². The lowest BCUT2D eigenvalue weighted by Gasteiger charge is -2.27. The van der Waals surface area contributed by atoms with Crippen molar-refractivity contribution in [3.8, 4) is 6.07 Å². The lowest BCUT2D eigenvalue weighted by atomic mass is 9.83. The van der Waals surface area contributed by atoms with Gasteiger partial charge >= 0.3 is 11.9 Å². The van der Waals surface area contributed by atoms with Crippen molar-refractivity contribution in [1.82, 2.24) is 0 Å². The minimum atomic E-state index is -0.725. The molecule has 28 heavy (non-hydrogen) atoms. The van der Waals surface area contributed by atoms with Crippen molar-refractivity contribution < 1.29 is 23.8 Å². The van der Waals surface area contributed by atoms with Crippen LogP contribution in [0.2, 0.25) is 0 Å². The number of hydrogen-bond acceptors (Lipinski definition) is 7. The summed E-state index contributed by atoms with van der Waals surface area (Å²) in [5.41, 5.74) is 7.08. The molecule has 0 aromatic heterocycles. The summed E-state index contributed by atoms with van der Waals surface area (Å²) in [6, 6.07) is 9.16. The molecule has 2 rings (SSSR count). The fourth-order valence-electron chi connectivity index (χ4n) is 2.60. The van der Waals surface area contributed by atoms with Crippen LogP contribution in [0.5, 0.6) is 0 Å². The van der Waals surface area contributed by atoms with E-state index in [1.54, 1.807) is 31.2 Å². The Kier molecular flexibility index (Phi) is 7.01. The Labute approximate surface area is 171 Å². The van der Waals surface area contributed by atoms with Gasteiger partial charge in [-0.2, -0.15) is 5.26 Å². The summed E-state index contributed by atoms with van der Waals surface area (Å²) in [6.07, 6.45) is 0. The van der Waals surface area contributed by atoms with E-state index in [-0.39, 0.29) is 41.6 Å². The van der Waals surface area contributed by atoms with Gasteiger partial charge in [-0.15, -0.1) is 0 Å². The number of rotatable bonds is 6. The predicted molar refractivity (Wildman–Crippen MR) is 104 cm³/mol. The highest BCUT2D eigenvalue weighted by molar-refractivity contribution is 9.10. The molecule has 1 aromatic rings. The maximum Gasteiger partial charge on any atom is 0.338 e. The molecule has 1 atom stereocenters. The standard InChI is InChI=1S/C20H19BrN2O5/c1-11(2)19(24)26-8-9-27-20(25)16-12(3)28-18(23)15(10-22)17(16)13-4-6-14(21)7-5-13/h4-7,17H,1,8-9,23H2,2-3H3/t17-/m0/s1. The fourth-order valence-corrected chi connectivity index (χ4v) is 2.87. The second-order valence-corrected chi connectivity index (χ2v) is 6.91. The number of nitrogens with two attached hydrogens (primary N) is 1. The van der Waals surface area contributed by atoms with Crippen LogP contribution in [0.4, 0.5) is 0 Å². The fraction of sp³-hybridized carbons (Fsp3) is 0.250. The molecule has 0 spiro atoms. The number of carbonyl (C=O) groups excluding carboxylic acids is 2. The summed E-state index contributed by atoms with van der Waals surface area (Å²) in [5, 5.41) is 9.54. The molecule has 0 radical (unpaired) electrons. The molecular formula is C20H19BrN2O5. The first kappa shape index (κ1) is 21.3. The molecule has 2 N–H and O–H groups in total. The molecule has 146 valence electrons. The van der Waals surface area contributed by atoms with Crippen LogP contribution in [-0.2, 0) is 23.8 Å². The topological polar surface area (TPSA) is 112 Å². The van der Waals surface area contributed by atoms with E-state index in [1.165, 1.54) is 6.92 Å². The molecule has 1 aliphatic heterocycles. The van der Waals surface area contributed by atoms with Gasteiger partial charge in [0.2, 0.25) is 5.88 Å². The van der Waals surface area contributed by atoms with Gasteiger partial charge in [-0.1, -0.05) is 34.6 Å². The van der Waals surface area contributed by atoms with E-state index in [4.69, 9.17) is 19.9 Å². The average molecular weight is 447 g/mol. The van der Waals surface area contributed by atoms with Gasteiger partial charge in [-0.05, 0) is 31.5 Å². The summed E-state index contributed by atoms with van der Waals surface area (Å²) < 4.78 is 16.4. The summed E-state index contributed by atoms with van der Waals surface area (Å²) >= 11 is 3.36. The quantitative estimate of drug-likeness (QED) is 0.405. The molecule has 8 heteroatoms. The van der Waals surface area contributed by atoms with Crippen molar-refractivity contribution in [1.29, 1.82) is 5.26 Å². The van der Waals surface area contributed by atoms with Crippen LogP contribution in [0.25, 0.3) is 0 Å². The lowest BCUT2D eigenvalue weighted by Crippen LogP contribution is -2.26. The molecule has 1 aliphatic rings. The minimum Gasteiger partial charge on any atom is -0.459 e. The van der Waals surface area contributed by atoms with Crippen LogP contribution in [-0.4, -0.2) is 25.2 Å². The number of benzene rings is 1. The molecule has 0 saturated heterocycles. The second kappa shape index (κ2) is 9.24. The van der Waals surface area contributed by atoms with Gasteiger partial charge in [0.25, 0.3) is 0 Å². The summed E-state index contributed by atoms with van der Waals surface area (Å²) in [5.74, 6) is -1.79. The average Bonchev–Trinajstić information content (AvgIpc) is 2.64. The first-order valence-corrected chi connectivity index (χ1v) is 9.09. The second-order valence-electron chi connectivity index (χ2n) is 6.00. The molecular weight excluding hydrogens is 428 g/mol. The highest BCUT2D eigenvalue weighted by Gasteiger charge is 2.36. The van der Waals surface area contributed by atoms with E-state index < -0.39 is 17.9 Å². The Morgan fingerprint density at radius 3 is 2.46 bits per heavy atom. The third-order valence-corrected chi connectivity index (χ3v) is 4.46. The first-order chi connectivity index (χ1) is 13.3. The molecule has 1 heterocycles. The van der Waals surface area contributed by atoms with E-state index >= 15 is 0 Å². The van der Waals surface area contributed by atoms with Gasteiger partial charge < -0.3 is 19.9 Å². The van der Waals surface area contributed by atoms with Crippen LogP contribution in [0, 0.1) is 11.3 Å². The predicted octanol–water partition coefficient (Wildman–Crippen LogP) is 3.19. The smallest absolute Gasteiger partial charge is 0.338 e. The number of hydrogen-bond donors (Lipinski definition) is 1. The maximum atomic E-state index is 12.7. The normalized spacial score (nSPS) is 16.1. The monoisotopic (exact) mass is 446 g/mol. The van der Waals surface area contributed by atoms with E-state index in [0.717, 1.165) is 4.47 Å². The van der Waals surface area contributed by atoms with Crippen LogP contribution >= 0.6 is 15.9 Å². The van der Waals surface area contributed by atoms with Gasteiger partial charge in [0.15, 0.2) is 0 Å². The summed E-state index contributed by atoms with van der Waals surface area (Å²) in [7, 11) is 0. The molecule has 1 aromatic carbocycles. The number of allylic oxidation sites excluding steroid dienone is 2. The SMILES string of the molecule is C=C(C)C(=O)OCCOC(=O)C1=C(C)OC(N)=C(C#N)[C@@H]1c1ccc(Br)cc1. The Bertz CT molecular complexity index is 910. The summed E-state index contributed by atoms with van der Waals surface area (Å²) in [4.78, 5) is 24.1. The zero-order chi connectivity index (χ0) is 20.8. The van der Waals surface area contributed by atoms with Crippen molar-refractivity contribution in [3.05, 3.63) is 69.2 Å². The number of ether oxygens (including phenoxy) is 3. The highest BCUT2D eigenvalue weighted by Crippen LogP contribution is 2.39. The summed E-state index contributed by atoms with van der Waals surface area (Å²) in [6.45, 7) is 6.30. The third-order valence-electron chi connectivity index (χ3n) is 3.93. The van der Waals surface area contributed by atoms with E-state index in [9.17, 15) is 14.9 Å². The number of carbonyl (C=O) groups is 2.